The van der Waals surface area contributed by atoms with E-state index in [-0.39, 0.29) is 5.91 Å². The Labute approximate surface area is 82.3 Å². The van der Waals surface area contributed by atoms with Gasteiger partial charge in [0.05, 0.1) is 0 Å². The maximum atomic E-state index is 11.2. The van der Waals surface area contributed by atoms with Gasteiger partial charge in [-0.3, -0.25) is 9.00 Å². The van der Waals surface area contributed by atoms with Crippen LogP contribution in [0.25, 0.3) is 0 Å². The monoisotopic (exact) mass is 203 g/mol. The van der Waals surface area contributed by atoms with Crippen molar-refractivity contribution in [2.75, 3.05) is 19.8 Å². The maximum absolute atomic E-state index is 11.2. The number of nitrogens with zero attached hydrogens (tertiary/aromatic N) is 1. The minimum Gasteiger partial charge on any atom is -0.345 e. The van der Waals surface area contributed by atoms with Crippen LogP contribution < -0.4 is 0 Å². The normalized spacial score (nSPS) is 13.2. The van der Waals surface area contributed by atoms with Crippen LogP contribution in [0.5, 0.6) is 0 Å². The van der Waals surface area contributed by atoms with E-state index in [2.05, 4.69) is 0 Å². The lowest BCUT2D eigenvalue weighted by molar-refractivity contribution is -0.123. The predicted octanol–water partition coefficient (Wildman–Crippen LogP) is 1.14. The number of carbonyl (C=O) groups excluding carboxylic acids is 1. The summed E-state index contributed by atoms with van der Waals surface area (Å²) in [5.41, 5.74) is 0. The van der Waals surface area contributed by atoms with Crippen LogP contribution in [0.15, 0.2) is 11.5 Å². The molecule has 0 aliphatic heterocycles. The highest BCUT2D eigenvalue weighted by Crippen LogP contribution is 1.94. The summed E-state index contributed by atoms with van der Waals surface area (Å²) in [7, 11) is 2.35. The first kappa shape index (κ1) is 12.4. The van der Waals surface area contributed by atoms with E-state index in [0.717, 1.165) is 12.8 Å². The Morgan fingerprint density at radius 3 is 2.54 bits per heavy atom. The molecule has 13 heavy (non-hydrogen) atoms. The van der Waals surface area contributed by atoms with Crippen LogP contribution in [0.2, 0.25) is 0 Å². The van der Waals surface area contributed by atoms with E-state index < -0.39 is 10.8 Å². The van der Waals surface area contributed by atoms with Crippen LogP contribution in [-0.4, -0.2) is 34.9 Å². The molecule has 4 heteroatoms. The molecule has 76 valence electrons. The Hall–Kier alpha value is -0.640. The Balaban J connectivity index is 3.83. The second-order valence-electron chi connectivity index (χ2n) is 2.97. The Morgan fingerprint density at radius 2 is 2.08 bits per heavy atom. The minimum atomic E-state index is -0.985. The fraction of sp³-hybridized carbons (Fsp3) is 0.667. The lowest BCUT2D eigenvalue weighted by atomic mass is 10.4. The van der Waals surface area contributed by atoms with Crippen LogP contribution in [0.4, 0.5) is 0 Å². The number of rotatable bonds is 5. The first-order valence-electron chi connectivity index (χ1n) is 4.34. The van der Waals surface area contributed by atoms with E-state index in [9.17, 15) is 9.00 Å². The summed E-state index contributed by atoms with van der Waals surface area (Å²) < 4.78 is 11.2. The van der Waals surface area contributed by atoms with Crippen LogP contribution in [0.1, 0.15) is 19.8 Å². The zero-order valence-electron chi connectivity index (χ0n) is 8.45. The fourth-order valence-electron chi connectivity index (χ4n) is 0.638. The van der Waals surface area contributed by atoms with Crippen molar-refractivity contribution < 1.29 is 9.00 Å². The van der Waals surface area contributed by atoms with Gasteiger partial charge in [0.2, 0.25) is 5.91 Å². The predicted molar refractivity (Wildman–Crippen MR) is 55.8 cm³/mol. The van der Waals surface area contributed by atoms with Crippen molar-refractivity contribution in [2.45, 2.75) is 19.8 Å². The maximum Gasteiger partial charge on any atom is 0.246 e. The van der Waals surface area contributed by atoms with Crippen molar-refractivity contribution in [1.82, 2.24) is 4.90 Å². The van der Waals surface area contributed by atoms with Crippen molar-refractivity contribution in [3.8, 4) is 0 Å². The van der Waals surface area contributed by atoms with Crippen LogP contribution in [0.3, 0.4) is 0 Å². The zero-order valence-corrected chi connectivity index (χ0v) is 9.26. The number of carbonyl (C=O) groups is 1. The van der Waals surface area contributed by atoms with Crippen molar-refractivity contribution in [1.29, 1.82) is 0 Å². The molecule has 0 spiro atoms. The molecular formula is C9H17NO2S. The van der Waals surface area contributed by atoms with Gasteiger partial charge in [-0.25, -0.2) is 0 Å². The molecule has 3 nitrogen and oxygen atoms in total. The Kier molecular flexibility index (Phi) is 6.49. The molecule has 0 radical (unpaired) electrons. The van der Waals surface area contributed by atoms with E-state index in [1.807, 2.05) is 6.92 Å². The van der Waals surface area contributed by atoms with Gasteiger partial charge in [0, 0.05) is 42.1 Å². The van der Waals surface area contributed by atoms with Crippen LogP contribution in [0, 0.1) is 0 Å². The highest BCUT2D eigenvalue weighted by atomic mass is 32.2. The van der Waals surface area contributed by atoms with Crippen LogP contribution in [-0.2, 0) is 15.6 Å². The summed E-state index contributed by atoms with van der Waals surface area (Å²) >= 11 is 0. The lowest BCUT2D eigenvalue weighted by Crippen LogP contribution is -2.18. The van der Waals surface area contributed by atoms with Gasteiger partial charge in [-0.1, -0.05) is 13.3 Å². The number of hydrogen-bond donors (Lipinski definition) is 0. The highest BCUT2D eigenvalue weighted by Gasteiger charge is 1.98. The van der Waals surface area contributed by atoms with Crippen molar-refractivity contribution in [2.24, 2.45) is 0 Å². The molecule has 0 rings (SSSR count). The molecule has 0 aliphatic carbocycles. The number of unbranched alkanes of at least 4 members (excludes halogenated alkanes) is 1. The molecule has 0 saturated carbocycles. The summed E-state index contributed by atoms with van der Waals surface area (Å²) in [6.07, 6.45) is 3.33. The molecule has 0 aliphatic rings. The first-order valence-corrected chi connectivity index (χ1v) is 5.72. The first-order chi connectivity index (χ1) is 6.07. The SMILES string of the molecule is CCCCS(=O)C=CC(=O)N(C)C. The summed E-state index contributed by atoms with van der Waals surface area (Å²) in [4.78, 5) is 12.5. The van der Waals surface area contributed by atoms with Gasteiger partial charge in [0.15, 0.2) is 0 Å². The molecule has 1 atom stereocenters. The second kappa shape index (κ2) is 6.83. The van der Waals surface area contributed by atoms with E-state index in [0.29, 0.717) is 5.75 Å². The van der Waals surface area contributed by atoms with E-state index in [4.69, 9.17) is 0 Å². The number of likely N-dealkylation sites (N-methyl/N-ethyl adjacent to an activating group) is 1. The average molecular weight is 203 g/mol. The van der Waals surface area contributed by atoms with Gasteiger partial charge in [0.1, 0.15) is 0 Å². The third-order valence-electron chi connectivity index (χ3n) is 1.50. The summed E-state index contributed by atoms with van der Waals surface area (Å²) in [5, 5.41) is 1.47. The van der Waals surface area contributed by atoms with Gasteiger partial charge in [-0.05, 0) is 6.42 Å². The summed E-state index contributed by atoms with van der Waals surface area (Å²) in [6, 6.07) is 0. The fourth-order valence-corrected chi connectivity index (χ4v) is 1.62. The van der Waals surface area contributed by atoms with Crippen molar-refractivity contribution >= 4 is 16.7 Å². The van der Waals surface area contributed by atoms with Gasteiger partial charge in [-0.2, -0.15) is 0 Å². The van der Waals surface area contributed by atoms with Crippen molar-refractivity contribution in [3.05, 3.63) is 11.5 Å². The second-order valence-corrected chi connectivity index (χ2v) is 4.42. The average Bonchev–Trinajstić information content (AvgIpc) is 2.10. The zero-order chi connectivity index (χ0) is 10.3. The lowest BCUT2D eigenvalue weighted by Gasteiger charge is -2.04. The topological polar surface area (TPSA) is 37.4 Å². The van der Waals surface area contributed by atoms with E-state index in [1.165, 1.54) is 16.4 Å². The molecule has 1 unspecified atom stereocenters. The van der Waals surface area contributed by atoms with Gasteiger partial charge >= 0.3 is 0 Å². The standard InChI is InChI=1S/C9H17NO2S/c1-4-5-7-13(12)8-6-9(11)10(2)3/h6,8H,4-5,7H2,1-3H3. The molecular weight excluding hydrogens is 186 g/mol. The van der Waals surface area contributed by atoms with Crippen molar-refractivity contribution in [3.63, 3.8) is 0 Å². The number of amides is 1. The van der Waals surface area contributed by atoms with E-state index >= 15 is 0 Å². The number of hydrogen-bond acceptors (Lipinski definition) is 2. The molecule has 0 saturated heterocycles. The van der Waals surface area contributed by atoms with Crippen LogP contribution >= 0.6 is 0 Å². The van der Waals surface area contributed by atoms with Gasteiger partial charge in [0.25, 0.3) is 0 Å². The smallest absolute Gasteiger partial charge is 0.246 e. The highest BCUT2D eigenvalue weighted by molar-refractivity contribution is 7.87. The minimum absolute atomic E-state index is 0.121. The molecule has 0 N–H and O–H groups in total. The Morgan fingerprint density at radius 1 is 1.46 bits per heavy atom. The summed E-state index contributed by atoms with van der Waals surface area (Å²) in [5.74, 6) is 0.526. The largest absolute Gasteiger partial charge is 0.345 e. The molecule has 1 amide bonds. The third kappa shape index (κ3) is 6.51. The molecule has 0 aromatic heterocycles. The van der Waals surface area contributed by atoms with E-state index in [1.54, 1.807) is 14.1 Å². The summed E-state index contributed by atoms with van der Waals surface area (Å²) in [6.45, 7) is 2.05. The van der Waals surface area contributed by atoms with Gasteiger partial charge < -0.3 is 4.90 Å². The molecule has 0 aromatic rings. The molecule has 0 heterocycles. The molecule has 0 fully saturated rings. The molecule has 0 bridgehead atoms. The third-order valence-corrected chi connectivity index (χ3v) is 2.63. The Bertz CT molecular complexity index is 212. The molecule has 0 aromatic carbocycles. The van der Waals surface area contributed by atoms with Gasteiger partial charge in [-0.15, -0.1) is 0 Å². The quantitative estimate of drug-likeness (QED) is 0.628.